The Balaban J connectivity index is 0. The van der Waals surface area contributed by atoms with Gasteiger partial charge in [0.2, 0.25) is 0 Å². The van der Waals surface area contributed by atoms with Crippen molar-refractivity contribution in [1.29, 1.82) is 0 Å². The first-order valence-electron chi connectivity index (χ1n) is 3.34. The molecule has 0 rings (SSSR count). The van der Waals surface area contributed by atoms with E-state index in [1.807, 2.05) is 13.8 Å². The molecule has 0 aliphatic carbocycles. The number of hydrogen-bond acceptors (Lipinski definition) is 1. The molecule has 0 radical (unpaired) electrons. The van der Waals surface area contributed by atoms with Crippen LogP contribution in [0.4, 0.5) is 0 Å². The van der Waals surface area contributed by atoms with Crippen molar-refractivity contribution >= 4 is 19.8 Å². The van der Waals surface area contributed by atoms with Gasteiger partial charge in [-0.05, 0) is 19.8 Å². The molecular formula is C7H19GaO. The zero-order valence-electron chi connectivity index (χ0n) is 6.07. The van der Waals surface area contributed by atoms with Crippen LogP contribution < -0.4 is 0 Å². The fourth-order valence-electron chi connectivity index (χ4n) is 0.715. The summed E-state index contributed by atoms with van der Waals surface area (Å²) in [6, 6.07) is 0. The SMILES string of the molecule is CCCC(C)(O)CC.[GaH3]. The summed E-state index contributed by atoms with van der Waals surface area (Å²) in [6.07, 6.45) is 2.85. The molecule has 0 heterocycles. The fourth-order valence-corrected chi connectivity index (χ4v) is 0.715. The van der Waals surface area contributed by atoms with Gasteiger partial charge in [-0.3, -0.25) is 0 Å². The van der Waals surface area contributed by atoms with Gasteiger partial charge < -0.3 is 5.11 Å². The molecule has 1 atom stereocenters. The fraction of sp³-hybridized carbons (Fsp3) is 1.00. The molecule has 0 fully saturated rings. The van der Waals surface area contributed by atoms with Gasteiger partial charge in [0.05, 0.1) is 5.60 Å². The van der Waals surface area contributed by atoms with E-state index in [0.29, 0.717) is 0 Å². The van der Waals surface area contributed by atoms with Crippen LogP contribution in [-0.4, -0.2) is 30.5 Å². The van der Waals surface area contributed by atoms with Crippen molar-refractivity contribution in [2.75, 3.05) is 0 Å². The third kappa shape index (κ3) is 6.48. The van der Waals surface area contributed by atoms with E-state index in [2.05, 4.69) is 6.92 Å². The van der Waals surface area contributed by atoms with E-state index in [9.17, 15) is 5.11 Å². The molecule has 0 saturated carbocycles. The summed E-state index contributed by atoms with van der Waals surface area (Å²) in [6.45, 7) is 5.98. The first-order valence-corrected chi connectivity index (χ1v) is 3.34. The van der Waals surface area contributed by atoms with Crippen molar-refractivity contribution in [2.45, 2.75) is 45.6 Å². The number of hydrogen-bond donors (Lipinski definition) is 1. The van der Waals surface area contributed by atoms with E-state index in [1.165, 1.54) is 0 Å². The van der Waals surface area contributed by atoms with Gasteiger partial charge in [0.1, 0.15) is 0 Å². The predicted octanol–water partition coefficient (Wildman–Crippen LogP) is 0.764. The minimum absolute atomic E-state index is 0. The van der Waals surface area contributed by atoms with E-state index < -0.39 is 5.60 Å². The van der Waals surface area contributed by atoms with Crippen LogP contribution >= 0.6 is 0 Å². The van der Waals surface area contributed by atoms with Gasteiger partial charge in [0.15, 0.2) is 0 Å². The Morgan fingerprint density at radius 2 is 1.78 bits per heavy atom. The van der Waals surface area contributed by atoms with Crippen molar-refractivity contribution in [2.24, 2.45) is 0 Å². The van der Waals surface area contributed by atoms with Crippen LogP contribution in [0.25, 0.3) is 0 Å². The molecule has 0 saturated heterocycles. The zero-order chi connectivity index (χ0) is 6.62. The molecule has 0 aliphatic rings. The molecule has 1 nitrogen and oxygen atoms in total. The predicted molar refractivity (Wildman–Crippen MR) is 45.8 cm³/mol. The summed E-state index contributed by atoms with van der Waals surface area (Å²) in [4.78, 5) is 0. The average Bonchev–Trinajstić information content (AvgIpc) is 1.67. The zero-order valence-corrected chi connectivity index (χ0v) is 6.07. The van der Waals surface area contributed by atoms with E-state index in [0.717, 1.165) is 19.3 Å². The third-order valence-electron chi connectivity index (χ3n) is 1.55. The second-order valence-electron chi connectivity index (χ2n) is 2.60. The van der Waals surface area contributed by atoms with Gasteiger partial charge in [-0.25, -0.2) is 0 Å². The van der Waals surface area contributed by atoms with Gasteiger partial charge in [-0.15, -0.1) is 0 Å². The van der Waals surface area contributed by atoms with Crippen LogP contribution in [0.3, 0.4) is 0 Å². The Labute approximate surface area is 70.9 Å². The molecule has 0 aliphatic heterocycles. The van der Waals surface area contributed by atoms with Gasteiger partial charge >= 0.3 is 19.8 Å². The molecule has 1 unspecified atom stereocenters. The molecule has 0 aromatic rings. The second kappa shape index (κ2) is 5.39. The van der Waals surface area contributed by atoms with Crippen molar-refractivity contribution in [1.82, 2.24) is 0 Å². The number of aliphatic hydroxyl groups is 1. The minimum atomic E-state index is -0.408. The average molecular weight is 189 g/mol. The maximum atomic E-state index is 9.32. The van der Waals surface area contributed by atoms with Crippen molar-refractivity contribution in [3.63, 3.8) is 0 Å². The molecule has 9 heavy (non-hydrogen) atoms. The van der Waals surface area contributed by atoms with Crippen LogP contribution in [0.5, 0.6) is 0 Å². The summed E-state index contributed by atoms with van der Waals surface area (Å²) in [5.74, 6) is 0. The molecule has 0 aromatic carbocycles. The summed E-state index contributed by atoms with van der Waals surface area (Å²) in [5.41, 5.74) is -0.408. The quantitative estimate of drug-likeness (QED) is 0.649. The van der Waals surface area contributed by atoms with Gasteiger partial charge in [-0.2, -0.15) is 0 Å². The molecule has 0 amide bonds. The monoisotopic (exact) mass is 188 g/mol. The third-order valence-corrected chi connectivity index (χ3v) is 1.55. The number of rotatable bonds is 3. The van der Waals surface area contributed by atoms with Crippen molar-refractivity contribution in [3.8, 4) is 0 Å². The topological polar surface area (TPSA) is 20.2 Å². The van der Waals surface area contributed by atoms with Crippen LogP contribution in [-0.2, 0) is 0 Å². The summed E-state index contributed by atoms with van der Waals surface area (Å²) < 4.78 is 0. The standard InChI is InChI=1S/C7H16O.Ga.3H/c1-4-6-7(3,8)5-2;;;;/h8H,4-6H2,1-3H3;;;;. The molecule has 0 aromatic heterocycles. The van der Waals surface area contributed by atoms with E-state index >= 15 is 0 Å². The van der Waals surface area contributed by atoms with Crippen LogP contribution in [0.15, 0.2) is 0 Å². The van der Waals surface area contributed by atoms with E-state index in [1.54, 1.807) is 0 Å². The summed E-state index contributed by atoms with van der Waals surface area (Å²) in [7, 11) is 0. The molecule has 1 N–H and O–H groups in total. The first-order chi connectivity index (χ1) is 3.62. The first kappa shape index (κ1) is 12.3. The Bertz CT molecular complexity index is 61.9. The Hall–Kier alpha value is 0.596. The Morgan fingerprint density at radius 3 is 1.89 bits per heavy atom. The summed E-state index contributed by atoms with van der Waals surface area (Å²) >= 11 is 0. The van der Waals surface area contributed by atoms with Gasteiger partial charge in [0, 0.05) is 0 Å². The normalized spacial score (nSPS) is 16.0. The maximum absolute atomic E-state index is 9.32. The van der Waals surface area contributed by atoms with Gasteiger partial charge in [-0.1, -0.05) is 20.3 Å². The Morgan fingerprint density at radius 1 is 1.33 bits per heavy atom. The van der Waals surface area contributed by atoms with E-state index in [4.69, 9.17) is 0 Å². The van der Waals surface area contributed by atoms with Crippen LogP contribution in [0.1, 0.15) is 40.0 Å². The van der Waals surface area contributed by atoms with Gasteiger partial charge in [0.25, 0.3) is 0 Å². The molecule has 0 spiro atoms. The molecule has 0 bridgehead atoms. The summed E-state index contributed by atoms with van der Waals surface area (Å²) in [5, 5.41) is 9.32. The van der Waals surface area contributed by atoms with Crippen molar-refractivity contribution in [3.05, 3.63) is 0 Å². The van der Waals surface area contributed by atoms with Crippen molar-refractivity contribution < 1.29 is 5.11 Å². The van der Waals surface area contributed by atoms with Crippen LogP contribution in [0, 0.1) is 0 Å². The Kier molecular flexibility index (Phi) is 7.36. The van der Waals surface area contributed by atoms with Crippen LogP contribution in [0.2, 0.25) is 0 Å². The van der Waals surface area contributed by atoms with E-state index in [-0.39, 0.29) is 19.8 Å². The second-order valence-corrected chi connectivity index (χ2v) is 2.60. The molecule has 2 heteroatoms. The molecular weight excluding hydrogens is 170 g/mol. The molecule has 56 valence electrons.